The standard InChI is InChI=1S/C20H21NO7/c1-26-16(22)11-15(19(24)27-2)17(20(25)28-3)21-18(23)14-10-6-8-12-7-4-5-9-13(12)14/h4-10,15,17H,11H2,1-3H3,(H,21,23)/t15-,17-/m1/s1. The van der Waals surface area contributed by atoms with Crippen molar-refractivity contribution >= 4 is 34.6 Å². The van der Waals surface area contributed by atoms with E-state index in [9.17, 15) is 19.2 Å². The topological polar surface area (TPSA) is 108 Å². The molecule has 1 N–H and O–H groups in total. The first-order chi connectivity index (χ1) is 13.4. The van der Waals surface area contributed by atoms with Crippen LogP contribution < -0.4 is 5.32 Å². The third-order valence-corrected chi connectivity index (χ3v) is 4.30. The maximum atomic E-state index is 12.9. The molecule has 0 spiro atoms. The number of amides is 1. The van der Waals surface area contributed by atoms with Gasteiger partial charge in [-0.1, -0.05) is 36.4 Å². The molecule has 0 fully saturated rings. The highest BCUT2D eigenvalue weighted by molar-refractivity contribution is 6.08. The molecule has 0 heterocycles. The second kappa shape index (κ2) is 9.50. The van der Waals surface area contributed by atoms with Crippen molar-refractivity contribution < 1.29 is 33.4 Å². The summed E-state index contributed by atoms with van der Waals surface area (Å²) in [5, 5.41) is 4.01. The van der Waals surface area contributed by atoms with E-state index in [0.717, 1.165) is 26.7 Å². The Kier molecular flexibility index (Phi) is 7.08. The number of rotatable bonds is 7. The maximum absolute atomic E-state index is 12.9. The molecule has 2 aromatic rings. The number of hydrogen-bond donors (Lipinski definition) is 1. The molecule has 2 aromatic carbocycles. The summed E-state index contributed by atoms with van der Waals surface area (Å²) in [6.45, 7) is 0. The van der Waals surface area contributed by atoms with Gasteiger partial charge in [0.15, 0.2) is 0 Å². The van der Waals surface area contributed by atoms with E-state index in [2.05, 4.69) is 14.8 Å². The Hall–Kier alpha value is -3.42. The Bertz CT molecular complexity index is 888. The number of benzene rings is 2. The second-order valence-corrected chi connectivity index (χ2v) is 5.91. The van der Waals surface area contributed by atoms with Crippen LogP contribution in [0.4, 0.5) is 0 Å². The SMILES string of the molecule is COC(=O)C[C@@H](C(=O)OC)[C@@H](NC(=O)c1cccc2ccccc12)C(=O)OC. The van der Waals surface area contributed by atoms with Gasteiger partial charge >= 0.3 is 17.9 Å². The molecular weight excluding hydrogens is 366 g/mol. The summed E-state index contributed by atoms with van der Waals surface area (Å²) in [4.78, 5) is 49.0. The number of carbonyl (C=O) groups excluding carboxylic acids is 4. The summed E-state index contributed by atoms with van der Waals surface area (Å²) >= 11 is 0. The molecule has 0 radical (unpaired) electrons. The Morgan fingerprint density at radius 2 is 1.50 bits per heavy atom. The summed E-state index contributed by atoms with van der Waals surface area (Å²) in [7, 11) is 3.39. The highest BCUT2D eigenvalue weighted by atomic mass is 16.5. The lowest BCUT2D eigenvalue weighted by Gasteiger charge is -2.23. The highest BCUT2D eigenvalue weighted by Crippen LogP contribution is 2.20. The fourth-order valence-electron chi connectivity index (χ4n) is 2.84. The molecule has 0 unspecified atom stereocenters. The number of ether oxygens (including phenoxy) is 3. The van der Waals surface area contributed by atoms with Crippen LogP contribution in [0.25, 0.3) is 10.8 Å². The van der Waals surface area contributed by atoms with Crippen LogP contribution in [0.15, 0.2) is 42.5 Å². The Labute approximate surface area is 161 Å². The number of fused-ring (bicyclic) bond motifs is 1. The van der Waals surface area contributed by atoms with Crippen molar-refractivity contribution in [3.05, 3.63) is 48.0 Å². The molecule has 0 aromatic heterocycles. The van der Waals surface area contributed by atoms with Crippen LogP contribution >= 0.6 is 0 Å². The molecular formula is C20H21NO7. The number of hydrogen-bond acceptors (Lipinski definition) is 7. The van der Waals surface area contributed by atoms with Gasteiger partial charge in [-0.15, -0.1) is 0 Å². The van der Waals surface area contributed by atoms with E-state index in [1.807, 2.05) is 18.2 Å². The first-order valence-electron chi connectivity index (χ1n) is 8.44. The van der Waals surface area contributed by atoms with Crippen LogP contribution in [-0.2, 0) is 28.6 Å². The van der Waals surface area contributed by atoms with Crippen molar-refractivity contribution in [2.75, 3.05) is 21.3 Å². The van der Waals surface area contributed by atoms with Gasteiger partial charge in [0.05, 0.1) is 33.7 Å². The normalized spacial score (nSPS) is 12.5. The summed E-state index contributed by atoms with van der Waals surface area (Å²) in [6, 6.07) is 11.0. The molecule has 0 aliphatic heterocycles. The van der Waals surface area contributed by atoms with Crippen LogP contribution in [0.3, 0.4) is 0 Å². The minimum Gasteiger partial charge on any atom is -0.469 e. The maximum Gasteiger partial charge on any atom is 0.329 e. The number of esters is 3. The van der Waals surface area contributed by atoms with Gasteiger partial charge in [0.25, 0.3) is 5.91 Å². The van der Waals surface area contributed by atoms with Gasteiger partial charge in [-0.05, 0) is 16.8 Å². The average molecular weight is 387 g/mol. The van der Waals surface area contributed by atoms with Crippen molar-refractivity contribution in [3.8, 4) is 0 Å². The monoisotopic (exact) mass is 387 g/mol. The lowest BCUT2D eigenvalue weighted by Crippen LogP contribution is -2.50. The smallest absolute Gasteiger partial charge is 0.329 e. The lowest BCUT2D eigenvalue weighted by atomic mass is 9.95. The first-order valence-corrected chi connectivity index (χ1v) is 8.44. The molecule has 8 nitrogen and oxygen atoms in total. The molecule has 0 saturated carbocycles. The minimum absolute atomic E-state index is 0.314. The number of methoxy groups -OCH3 is 3. The molecule has 28 heavy (non-hydrogen) atoms. The average Bonchev–Trinajstić information content (AvgIpc) is 2.74. The van der Waals surface area contributed by atoms with Gasteiger partial charge in [0.2, 0.25) is 0 Å². The molecule has 2 rings (SSSR count). The molecule has 8 heteroatoms. The third kappa shape index (κ3) is 4.64. The van der Waals surface area contributed by atoms with Gasteiger partial charge in [0.1, 0.15) is 6.04 Å². The van der Waals surface area contributed by atoms with E-state index in [4.69, 9.17) is 4.74 Å². The Morgan fingerprint density at radius 1 is 0.857 bits per heavy atom. The number of carbonyl (C=O) groups is 4. The largest absolute Gasteiger partial charge is 0.469 e. The van der Waals surface area contributed by atoms with Crippen LogP contribution in [0.1, 0.15) is 16.8 Å². The summed E-state index contributed by atoms with van der Waals surface area (Å²) in [5.41, 5.74) is 0.314. The zero-order chi connectivity index (χ0) is 20.7. The number of nitrogens with one attached hydrogen (secondary N) is 1. The first kappa shape index (κ1) is 20.9. The predicted molar refractivity (Wildman–Crippen MR) is 99.4 cm³/mol. The molecule has 0 saturated heterocycles. The van der Waals surface area contributed by atoms with E-state index in [1.54, 1.807) is 24.3 Å². The summed E-state index contributed by atoms with van der Waals surface area (Å²) in [5.74, 6) is -4.36. The molecule has 0 bridgehead atoms. The van der Waals surface area contributed by atoms with Gasteiger partial charge in [-0.3, -0.25) is 14.4 Å². The van der Waals surface area contributed by atoms with E-state index in [1.165, 1.54) is 0 Å². The van der Waals surface area contributed by atoms with Gasteiger partial charge in [-0.25, -0.2) is 4.79 Å². The van der Waals surface area contributed by atoms with Crippen molar-refractivity contribution in [2.24, 2.45) is 5.92 Å². The van der Waals surface area contributed by atoms with Crippen molar-refractivity contribution in [2.45, 2.75) is 12.5 Å². The summed E-state index contributed by atoms with van der Waals surface area (Å²) in [6.07, 6.45) is -0.460. The van der Waals surface area contributed by atoms with Crippen LogP contribution in [-0.4, -0.2) is 51.2 Å². The minimum atomic E-state index is -1.43. The molecule has 0 aliphatic carbocycles. The van der Waals surface area contributed by atoms with Gasteiger partial charge in [-0.2, -0.15) is 0 Å². The van der Waals surface area contributed by atoms with Crippen molar-refractivity contribution in [1.29, 1.82) is 0 Å². The predicted octanol–water partition coefficient (Wildman–Crippen LogP) is 1.46. The fourth-order valence-corrected chi connectivity index (χ4v) is 2.84. The van der Waals surface area contributed by atoms with Crippen LogP contribution in [0, 0.1) is 5.92 Å². The zero-order valence-corrected chi connectivity index (χ0v) is 15.8. The van der Waals surface area contributed by atoms with Crippen molar-refractivity contribution in [3.63, 3.8) is 0 Å². The molecule has 2 atom stereocenters. The fraction of sp³-hybridized carbons (Fsp3) is 0.300. The van der Waals surface area contributed by atoms with Crippen LogP contribution in [0.5, 0.6) is 0 Å². The lowest BCUT2D eigenvalue weighted by molar-refractivity contribution is -0.158. The van der Waals surface area contributed by atoms with Gasteiger partial charge < -0.3 is 19.5 Å². The Balaban J connectivity index is 2.39. The molecule has 1 amide bonds. The zero-order valence-electron chi connectivity index (χ0n) is 15.8. The summed E-state index contributed by atoms with van der Waals surface area (Å²) < 4.78 is 14.0. The van der Waals surface area contributed by atoms with Crippen LogP contribution in [0.2, 0.25) is 0 Å². The van der Waals surface area contributed by atoms with E-state index in [-0.39, 0.29) is 0 Å². The second-order valence-electron chi connectivity index (χ2n) is 5.91. The quantitative estimate of drug-likeness (QED) is 0.566. The van der Waals surface area contributed by atoms with E-state index < -0.39 is 42.2 Å². The molecule has 148 valence electrons. The third-order valence-electron chi connectivity index (χ3n) is 4.30. The van der Waals surface area contributed by atoms with E-state index in [0.29, 0.717) is 10.9 Å². The highest BCUT2D eigenvalue weighted by Gasteiger charge is 2.38. The molecule has 0 aliphatic rings. The Morgan fingerprint density at radius 3 is 2.14 bits per heavy atom. The van der Waals surface area contributed by atoms with Crippen molar-refractivity contribution in [1.82, 2.24) is 5.32 Å². The van der Waals surface area contributed by atoms with E-state index >= 15 is 0 Å². The van der Waals surface area contributed by atoms with Gasteiger partial charge in [0, 0.05) is 5.56 Å².